The predicted octanol–water partition coefficient (Wildman–Crippen LogP) is 0.984. The molecule has 0 atom stereocenters. The molecule has 5 heteroatoms. The summed E-state index contributed by atoms with van der Waals surface area (Å²) in [6, 6.07) is 0. The third-order valence-electron chi connectivity index (χ3n) is 0.875. The number of hydrogen-bond acceptors (Lipinski definition) is 5. The van der Waals surface area contributed by atoms with Crippen LogP contribution in [-0.4, -0.2) is 19.3 Å². The summed E-state index contributed by atoms with van der Waals surface area (Å²) < 4.78 is 0. The van der Waals surface area contributed by atoms with E-state index in [9.17, 15) is 0 Å². The van der Waals surface area contributed by atoms with Crippen molar-refractivity contribution in [1.29, 1.82) is 11.1 Å². The maximum absolute atomic E-state index is 6.51. The first-order chi connectivity index (χ1) is 4.35. The van der Waals surface area contributed by atoms with Gasteiger partial charge in [-0.05, 0) is 6.54 Å². The molecule has 0 saturated heterocycles. The standard InChI is InChI=1S/C4H11N5/c1-2-7-3-4(8-5)9-6/h4-7H,2-3H2,1H3. The molecule has 0 spiro atoms. The molecule has 0 aliphatic rings. The van der Waals surface area contributed by atoms with Crippen LogP contribution < -0.4 is 5.32 Å². The Bertz CT molecular complexity index is 83.0. The van der Waals surface area contributed by atoms with Gasteiger partial charge in [0.15, 0.2) is 6.17 Å². The van der Waals surface area contributed by atoms with Gasteiger partial charge >= 0.3 is 0 Å². The molecule has 0 fully saturated rings. The van der Waals surface area contributed by atoms with Crippen LogP contribution in [0.25, 0.3) is 0 Å². The number of nitrogens with one attached hydrogen (secondary N) is 3. The molecule has 9 heavy (non-hydrogen) atoms. The van der Waals surface area contributed by atoms with Gasteiger partial charge in [-0.15, -0.1) is 0 Å². The molecule has 0 heterocycles. The van der Waals surface area contributed by atoms with Gasteiger partial charge in [0.2, 0.25) is 0 Å². The van der Waals surface area contributed by atoms with Crippen molar-refractivity contribution in [2.24, 2.45) is 10.2 Å². The molecule has 0 aromatic rings. The molecule has 0 amide bonds. The number of nitrogens with zero attached hydrogens (tertiary/aromatic N) is 2. The minimum absolute atomic E-state index is 0.490. The minimum Gasteiger partial charge on any atom is -0.313 e. The Morgan fingerprint density at radius 2 is 2.00 bits per heavy atom. The molecular weight excluding hydrogens is 118 g/mol. The van der Waals surface area contributed by atoms with E-state index in [2.05, 4.69) is 15.5 Å². The van der Waals surface area contributed by atoms with E-state index in [0.29, 0.717) is 6.54 Å². The van der Waals surface area contributed by atoms with E-state index in [1.807, 2.05) is 6.92 Å². The van der Waals surface area contributed by atoms with Gasteiger partial charge in [-0.3, -0.25) is 0 Å². The maximum Gasteiger partial charge on any atom is 0.192 e. The Morgan fingerprint density at radius 3 is 2.33 bits per heavy atom. The van der Waals surface area contributed by atoms with Crippen LogP contribution >= 0.6 is 0 Å². The highest BCUT2D eigenvalue weighted by molar-refractivity contribution is 4.58. The van der Waals surface area contributed by atoms with Crippen LogP contribution in [0, 0.1) is 11.1 Å². The van der Waals surface area contributed by atoms with Gasteiger partial charge in [-0.25, -0.2) is 11.1 Å². The predicted molar refractivity (Wildman–Crippen MR) is 32.6 cm³/mol. The largest absolute Gasteiger partial charge is 0.313 e. The number of likely N-dealkylation sites (N-methyl/N-ethyl adjacent to an activating group) is 1. The zero-order valence-corrected chi connectivity index (χ0v) is 5.39. The summed E-state index contributed by atoms with van der Waals surface area (Å²) in [5.41, 5.74) is 13.0. The van der Waals surface area contributed by atoms with Crippen molar-refractivity contribution in [2.45, 2.75) is 13.1 Å². The van der Waals surface area contributed by atoms with Gasteiger partial charge in [0.1, 0.15) is 0 Å². The van der Waals surface area contributed by atoms with E-state index < -0.39 is 6.17 Å². The maximum atomic E-state index is 6.51. The Hall–Kier alpha value is -0.840. The lowest BCUT2D eigenvalue weighted by Gasteiger charge is -2.01. The van der Waals surface area contributed by atoms with Gasteiger partial charge in [0, 0.05) is 6.54 Å². The number of rotatable bonds is 5. The highest BCUT2D eigenvalue weighted by atomic mass is 15.2. The van der Waals surface area contributed by atoms with Gasteiger partial charge in [0.05, 0.1) is 0 Å². The van der Waals surface area contributed by atoms with E-state index in [1.165, 1.54) is 0 Å². The van der Waals surface area contributed by atoms with Crippen LogP contribution in [0.3, 0.4) is 0 Å². The Labute approximate surface area is 53.9 Å². The SMILES string of the molecule is CCNCC(N=N)N=N. The molecule has 52 valence electrons. The quantitative estimate of drug-likeness (QED) is 0.475. The van der Waals surface area contributed by atoms with E-state index in [1.54, 1.807) is 0 Å². The third-order valence-corrected chi connectivity index (χ3v) is 0.875. The normalized spacial score (nSPS) is 12.6. The van der Waals surface area contributed by atoms with Crippen LogP contribution in [0.1, 0.15) is 6.92 Å². The highest BCUT2D eigenvalue weighted by Crippen LogP contribution is 1.87. The van der Waals surface area contributed by atoms with Crippen LogP contribution in [0.4, 0.5) is 0 Å². The molecule has 0 rings (SSSR count). The Kier molecular flexibility index (Phi) is 4.81. The molecule has 0 aromatic heterocycles. The summed E-state index contributed by atoms with van der Waals surface area (Å²) in [5, 5.41) is 9.08. The van der Waals surface area contributed by atoms with Crippen molar-refractivity contribution < 1.29 is 0 Å². The van der Waals surface area contributed by atoms with Gasteiger partial charge in [0.25, 0.3) is 0 Å². The molecule has 0 bridgehead atoms. The van der Waals surface area contributed by atoms with Gasteiger partial charge in [-0.1, -0.05) is 6.92 Å². The topological polar surface area (TPSA) is 84.5 Å². The summed E-state index contributed by atoms with van der Waals surface area (Å²) in [6.07, 6.45) is -0.523. The molecular formula is C4H11N5. The van der Waals surface area contributed by atoms with Gasteiger partial charge < -0.3 is 5.32 Å². The average Bonchev–Trinajstić information content (AvgIpc) is 1.91. The molecule has 3 N–H and O–H groups in total. The van der Waals surface area contributed by atoms with Crippen molar-refractivity contribution in [3.63, 3.8) is 0 Å². The van der Waals surface area contributed by atoms with Crippen LogP contribution in [0.15, 0.2) is 10.2 Å². The van der Waals surface area contributed by atoms with Crippen molar-refractivity contribution >= 4 is 0 Å². The molecule has 0 saturated carbocycles. The smallest absolute Gasteiger partial charge is 0.192 e. The molecule has 0 unspecified atom stereocenters. The average molecular weight is 129 g/mol. The second-order valence-corrected chi connectivity index (χ2v) is 1.55. The number of hydrogen-bond donors (Lipinski definition) is 3. The summed E-state index contributed by atoms with van der Waals surface area (Å²) in [7, 11) is 0. The summed E-state index contributed by atoms with van der Waals surface area (Å²) in [5.74, 6) is 0. The van der Waals surface area contributed by atoms with E-state index >= 15 is 0 Å². The fraction of sp³-hybridized carbons (Fsp3) is 1.00. The fourth-order valence-electron chi connectivity index (χ4n) is 0.394. The van der Waals surface area contributed by atoms with Crippen molar-refractivity contribution in [3.8, 4) is 0 Å². The fourth-order valence-corrected chi connectivity index (χ4v) is 0.394. The Balaban J connectivity index is 3.30. The first kappa shape index (κ1) is 8.16. The van der Waals surface area contributed by atoms with E-state index in [0.717, 1.165) is 6.54 Å². The Morgan fingerprint density at radius 1 is 1.44 bits per heavy atom. The summed E-state index contributed by atoms with van der Waals surface area (Å²) in [4.78, 5) is 0. The van der Waals surface area contributed by atoms with Gasteiger partial charge in [-0.2, -0.15) is 10.2 Å². The van der Waals surface area contributed by atoms with Crippen molar-refractivity contribution in [3.05, 3.63) is 0 Å². The molecule has 0 aromatic carbocycles. The molecule has 0 radical (unpaired) electrons. The molecule has 0 aliphatic carbocycles. The van der Waals surface area contributed by atoms with E-state index in [4.69, 9.17) is 11.1 Å². The van der Waals surface area contributed by atoms with Crippen molar-refractivity contribution in [1.82, 2.24) is 5.32 Å². The first-order valence-electron chi connectivity index (χ1n) is 2.79. The second kappa shape index (κ2) is 5.30. The minimum atomic E-state index is -0.523. The zero-order chi connectivity index (χ0) is 7.11. The second-order valence-electron chi connectivity index (χ2n) is 1.55. The monoisotopic (exact) mass is 129 g/mol. The van der Waals surface area contributed by atoms with E-state index in [-0.39, 0.29) is 0 Å². The third kappa shape index (κ3) is 3.72. The van der Waals surface area contributed by atoms with Crippen molar-refractivity contribution in [2.75, 3.05) is 13.1 Å². The first-order valence-corrected chi connectivity index (χ1v) is 2.79. The zero-order valence-electron chi connectivity index (χ0n) is 5.39. The molecule has 0 aliphatic heterocycles. The lowest BCUT2D eigenvalue weighted by Crippen LogP contribution is -2.23. The van der Waals surface area contributed by atoms with Crippen LogP contribution in [-0.2, 0) is 0 Å². The summed E-state index contributed by atoms with van der Waals surface area (Å²) in [6.45, 7) is 3.26. The highest BCUT2D eigenvalue weighted by Gasteiger charge is 1.99. The lowest BCUT2D eigenvalue weighted by molar-refractivity contribution is 0.552. The summed E-state index contributed by atoms with van der Waals surface area (Å²) >= 11 is 0. The lowest BCUT2D eigenvalue weighted by atomic mass is 10.5. The van der Waals surface area contributed by atoms with Crippen LogP contribution in [0.2, 0.25) is 0 Å². The van der Waals surface area contributed by atoms with Crippen LogP contribution in [0.5, 0.6) is 0 Å². The molecule has 5 nitrogen and oxygen atoms in total.